The summed E-state index contributed by atoms with van der Waals surface area (Å²) in [4.78, 5) is 34.2. The lowest BCUT2D eigenvalue weighted by Crippen LogP contribution is -2.51. The number of nitrogens with zero attached hydrogens (tertiary/aromatic N) is 3. The van der Waals surface area contributed by atoms with Gasteiger partial charge >= 0.3 is 0 Å². The molecule has 0 aliphatic carbocycles. The molecule has 0 bridgehead atoms. The van der Waals surface area contributed by atoms with Crippen molar-refractivity contribution in [3.63, 3.8) is 0 Å². The van der Waals surface area contributed by atoms with E-state index in [1.165, 1.54) is 6.33 Å². The summed E-state index contributed by atoms with van der Waals surface area (Å²) in [6, 6.07) is 3.25. The van der Waals surface area contributed by atoms with E-state index in [-0.39, 0.29) is 23.7 Å². The molecule has 2 aromatic heterocycles. The van der Waals surface area contributed by atoms with Gasteiger partial charge in [-0.05, 0) is 18.6 Å². The van der Waals surface area contributed by atoms with Crippen LogP contribution in [-0.2, 0) is 20.4 Å². The molecule has 0 aromatic carbocycles. The summed E-state index contributed by atoms with van der Waals surface area (Å²) in [7, 11) is -3.27. The second-order valence-electron chi connectivity index (χ2n) is 7.84. The fourth-order valence-electron chi connectivity index (χ4n) is 3.99. The molecule has 0 unspecified atom stereocenters. The average Bonchev–Trinajstić information content (AvgIpc) is 3.01. The average molecular weight is 464 g/mol. The molecule has 2 aliphatic rings. The normalized spacial score (nSPS) is 17.1. The number of sulfonamides is 1. The molecule has 32 heavy (non-hydrogen) atoms. The maximum atomic E-state index is 13.4. The Bertz CT molecular complexity index is 1210. The molecule has 1 amide bonds. The monoisotopic (exact) mass is 463 g/mol. The number of hydrogen-bond donors (Lipinski definition) is 4. The summed E-state index contributed by atoms with van der Waals surface area (Å²) in [6.07, 6.45) is 3.44. The van der Waals surface area contributed by atoms with Gasteiger partial charge in [0.15, 0.2) is 0 Å². The Labute approximate surface area is 184 Å². The molecule has 4 N–H and O–H groups in total. The van der Waals surface area contributed by atoms with Gasteiger partial charge in [0.1, 0.15) is 35.0 Å². The Morgan fingerprint density at radius 2 is 1.88 bits per heavy atom. The standard InChI is InChI=1S/C19H25N7O5S/c1-12-9-13(18(28)26-16(12)17(27)25-19(26)3-7-31-8-4-19)24-15-10-14(21-11-22-15)20-5-6-23-32(2,29)30/h9-11,23H,3-8H2,1-2H3,(H,25,27)(H2,20,21,22,24). The van der Waals surface area contributed by atoms with Crippen molar-refractivity contribution in [1.82, 2.24) is 24.6 Å². The van der Waals surface area contributed by atoms with E-state index in [0.29, 0.717) is 55.5 Å². The number of anilines is 3. The maximum absolute atomic E-state index is 13.4. The van der Waals surface area contributed by atoms with Crippen molar-refractivity contribution in [1.29, 1.82) is 0 Å². The Kier molecular flexibility index (Phi) is 5.88. The van der Waals surface area contributed by atoms with Crippen LogP contribution in [0.4, 0.5) is 17.3 Å². The molecule has 2 aromatic rings. The number of amides is 1. The lowest BCUT2D eigenvalue weighted by Gasteiger charge is -2.35. The van der Waals surface area contributed by atoms with Gasteiger partial charge in [-0.1, -0.05) is 0 Å². The Hall–Kier alpha value is -3.03. The number of rotatable bonds is 7. The molecule has 12 nitrogen and oxygen atoms in total. The van der Waals surface area contributed by atoms with Crippen molar-refractivity contribution in [3.8, 4) is 0 Å². The number of carbonyl (C=O) groups is 1. The number of fused-ring (bicyclic) bond motifs is 2. The zero-order valence-corrected chi connectivity index (χ0v) is 18.6. The van der Waals surface area contributed by atoms with Crippen LogP contribution < -0.4 is 26.2 Å². The van der Waals surface area contributed by atoms with Crippen LogP contribution in [0.25, 0.3) is 0 Å². The summed E-state index contributed by atoms with van der Waals surface area (Å²) in [5.41, 5.74) is 0.223. The third kappa shape index (κ3) is 4.45. The molecular formula is C19H25N7O5S. The second-order valence-corrected chi connectivity index (χ2v) is 9.67. The highest BCUT2D eigenvalue weighted by Crippen LogP contribution is 2.33. The third-order valence-corrected chi connectivity index (χ3v) is 6.15. The lowest BCUT2D eigenvalue weighted by molar-refractivity contribution is 0.0120. The first-order valence-corrected chi connectivity index (χ1v) is 12.0. The fraction of sp³-hybridized carbons (Fsp3) is 0.474. The Morgan fingerprint density at radius 3 is 2.59 bits per heavy atom. The minimum atomic E-state index is -3.27. The minimum Gasteiger partial charge on any atom is -0.381 e. The number of ether oxygens (including phenoxy) is 1. The summed E-state index contributed by atoms with van der Waals surface area (Å²) >= 11 is 0. The molecule has 172 valence electrons. The van der Waals surface area contributed by atoms with E-state index in [9.17, 15) is 18.0 Å². The molecule has 4 heterocycles. The van der Waals surface area contributed by atoms with Crippen molar-refractivity contribution < 1.29 is 17.9 Å². The maximum Gasteiger partial charge on any atom is 0.276 e. The van der Waals surface area contributed by atoms with Gasteiger partial charge in [0.05, 0.1) is 19.5 Å². The minimum absolute atomic E-state index is 0.198. The SMILES string of the molecule is Cc1cc(Nc2cc(NCCNS(C)(=O)=O)ncn2)c(=O)n2c1C(=O)NC21CCOCC1. The van der Waals surface area contributed by atoms with Crippen LogP contribution in [0.2, 0.25) is 0 Å². The fourth-order valence-corrected chi connectivity index (χ4v) is 4.47. The molecular weight excluding hydrogens is 438 g/mol. The highest BCUT2D eigenvalue weighted by molar-refractivity contribution is 7.88. The van der Waals surface area contributed by atoms with Gasteiger partial charge in [0, 0.05) is 32.0 Å². The van der Waals surface area contributed by atoms with Crippen molar-refractivity contribution in [2.75, 3.05) is 43.2 Å². The van der Waals surface area contributed by atoms with Gasteiger partial charge in [0.2, 0.25) is 10.0 Å². The van der Waals surface area contributed by atoms with Crippen LogP contribution in [-0.4, -0.2) is 61.4 Å². The van der Waals surface area contributed by atoms with E-state index < -0.39 is 15.7 Å². The van der Waals surface area contributed by atoms with Gasteiger partial charge in [0.25, 0.3) is 11.5 Å². The second kappa shape index (κ2) is 8.48. The highest BCUT2D eigenvalue weighted by atomic mass is 32.2. The van der Waals surface area contributed by atoms with Crippen molar-refractivity contribution in [2.45, 2.75) is 25.4 Å². The topological polar surface area (TPSA) is 156 Å². The van der Waals surface area contributed by atoms with Crippen LogP contribution in [0, 0.1) is 6.92 Å². The van der Waals surface area contributed by atoms with E-state index in [1.807, 2.05) is 0 Å². The molecule has 13 heteroatoms. The summed E-state index contributed by atoms with van der Waals surface area (Å²) in [6.45, 7) is 3.22. The predicted molar refractivity (Wildman–Crippen MR) is 118 cm³/mol. The van der Waals surface area contributed by atoms with Crippen molar-refractivity contribution in [2.24, 2.45) is 0 Å². The zero-order valence-electron chi connectivity index (χ0n) is 17.8. The van der Waals surface area contributed by atoms with E-state index in [1.54, 1.807) is 23.6 Å². The summed E-state index contributed by atoms with van der Waals surface area (Å²) in [5, 5.41) is 9.01. The Morgan fingerprint density at radius 1 is 1.16 bits per heavy atom. The van der Waals surface area contributed by atoms with Gasteiger partial charge in [-0.2, -0.15) is 0 Å². The quantitative estimate of drug-likeness (QED) is 0.410. The number of nitrogens with one attached hydrogen (secondary N) is 4. The molecule has 2 aliphatic heterocycles. The number of pyridine rings is 1. The molecule has 0 atom stereocenters. The van der Waals surface area contributed by atoms with Crippen molar-refractivity contribution in [3.05, 3.63) is 40.1 Å². The molecule has 1 saturated heterocycles. The largest absolute Gasteiger partial charge is 0.381 e. The molecule has 0 saturated carbocycles. The van der Waals surface area contributed by atoms with Gasteiger partial charge in [-0.15, -0.1) is 0 Å². The first kappa shape index (κ1) is 22.2. The van der Waals surface area contributed by atoms with Gasteiger partial charge in [-0.3, -0.25) is 14.2 Å². The molecule has 1 fully saturated rings. The Balaban J connectivity index is 1.57. The van der Waals surface area contributed by atoms with Crippen LogP contribution >= 0.6 is 0 Å². The van der Waals surface area contributed by atoms with Crippen LogP contribution in [0.5, 0.6) is 0 Å². The zero-order chi connectivity index (χ0) is 22.9. The van der Waals surface area contributed by atoms with Gasteiger partial charge in [-0.25, -0.2) is 23.1 Å². The number of aryl methyl sites for hydroxylation is 1. The molecule has 4 rings (SSSR count). The number of aromatic nitrogens is 3. The number of hydrogen-bond acceptors (Lipinski definition) is 9. The van der Waals surface area contributed by atoms with E-state index in [4.69, 9.17) is 4.74 Å². The summed E-state index contributed by atoms with van der Waals surface area (Å²) < 4.78 is 31.6. The van der Waals surface area contributed by atoms with E-state index in [0.717, 1.165) is 6.26 Å². The number of carbonyl (C=O) groups excluding carboxylic acids is 1. The third-order valence-electron chi connectivity index (χ3n) is 5.43. The van der Waals surface area contributed by atoms with Crippen LogP contribution in [0.1, 0.15) is 28.9 Å². The highest BCUT2D eigenvalue weighted by Gasteiger charge is 2.45. The molecule has 0 radical (unpaired) electrons. The van der Waals surface area contributed by atoms with E-state index >= 15 is 0 Å². The first-order chi connectivity index (χ1) is 15.2. The van der Waals surface area contributed by atoms with E-state index in [2.05, 4.69) is 30.6 Å². The predicted octanol–water partition coefficient (Wildman–Crippen LogP) is -0.142. The summed E-state index contributed by atoms with van der Waals surface area (Å²) in [5.74, 6) is 0.590. The smallest absolute Gasteiger partial charge is 0.276 e. The molecule has 1 spiro atoms. The lowest BCUT2D eigenvalue weighted by atomic mass is 10.0. The van der Waals surface area contributed by atoms with Crippen molar-refractivity contribution >= 4 is 33.3 Å². The van der Waals surface area contributed by atoms with Gasteiger partial charge < -0.3 is 20.7 Å². The van der Waals surface area contributed by atoms with Crippen LogP contribution in [0.3, 0.4) is 0 Å². The van der Waals surface area contributed by atoms with Crippen LogP contribution in [0.15, 0.2) is 23.3 Å². The first-order valence-electron chi connectivity index (χ1n) is 10.1.